The highest BCUT2D eigenvalue weighted by Crippen LogP contribution is 2.27. The molecule has 1 fully saturated rings. The number of rotatable bonds is 8. The van der Waals surface area contributed by atoms with Gasteiger partial charge >= 0.3 is 0 Å². The quantitative estimate of drug-likeness (QED) is 0.624. The molecule has 16 heavy (non-hydrogen) atoms. The molecule has 2 heteroatoms. The fourth-order valence-electron chi connectivity index (χ4n) is 2.70. The first-order chi connectivity index (χ1) is 7.83. The third-order valence-electron chi connectivity index (χ3n) is 3.89. The zero-order valence-corrected chi connectivity index (χ0v) is 10.9. The summed E-state index contributed by atoms with van der Waals surface area (Å²) in [5, 5.41) is 13.1. The van der Waals surface area contributed by atoms with Crippen LogP contribution in [0.4, 0.5) is 0 Å². The molecule has 0 spiro atoms. The van der Waals surface area contributed by atoms with Gasteiger partial charge in [0.05, 0.1) is 6.61 Å². The molecular formula is C14H29NO. The highest BCUT2D eigenvalue weighted by atomic mass is 16.3. The van der Waals surface area contributed by atoms with Gasteiger partial charge in [0.15, 0.2) is 0 Å². The van der Waals surface area contributed by atoms with E-state index in [9.17, 15) is 5.11 Å². The fourth-order valence-corrected chi connectivity index (χ4v) is 2.70. The van der Waals surface area contributed by atoms with Crippen LogP contribution in [-0.2, 0) is 0 Å². The Kier molecular flexibility index (Phi) is 7.06. The Morgan fingerprint density at radius 2 is 1.69 bits per heavy atom. The molecule has 96 valence electrons. The average Bonchev–Trinajstić information content (AvgIpc) is 2.35. The average molecular weight is 227 g/mol. The number of hydrogen-bond donors (Lipinski definition) is 2. The Hall–Kier alpha value is -0.0800. The molecule has 2 nitrogen and oxygen atoms in total. The minimum atomic E-state index is 0.0724. The van der Waals surface area contributed by atoms with E-state index in [0.29, 0.717) is 6.61 Å². The second-order valence-electron chi connectivity index (χ2n) is 5.34. The predicted molar refractivity (Wildman–Crippen MR) is 69.7 cm³/mol. The zero-order chi connectivity index (χ0) is 11.7. The Morgan fingerprint density at radius 1 is 1.00 bits per heavy atom. The maximum absolute atomic E-state index is 9.52. The van der Waals surface area contributed by atoms with Gasteiger partial charge in [0, 0.05) is 5.54 Å². The SMILES string of the molecule is CCCCCCCNC1(CO)CCCCC1. The van der Waals surface area contributed by atoms with E-state index in [0.717, 1.165) is 6.54 Å². The van der Waals surface area contributed by atoms with E-state index >= 15 is 0 Å². The van der Waals surface area contributed by atoms with Gasteiger partial charge in [-0.05, 0) is 25.8 Å². The lowest BCUT2D eigenvalue weighted by Crippen LogP contribution is -2.50. The van der Waals surface area contributed by atoms with Crippen molar-refractivity contribution in [3.8, 4) is 0 Å². The second kappa shape index (κ2) is 8.08. The summed E-state index contributed by atoms with van der Waals surface area (Å²) in [6.07, 6.45) is 12.9. The van der Waals surface area contributed by atoms with E-state index in [1.807, 2.05) is 0 Å². The Bertz CT molecular complexity index is 164. The first-order valence-electron chi connectivity index (χ1n) is 7.19. The molecule has 0 atom stereocenters. The normalized spacial score (nSPS) is 19.9. The summed E-state index contributed by atoms with van der Waals surface area (Å²) < 4.78 is 0. The lowest BCUT2D eigenvalue weighted by atomic mass is 9.82. The summed E-state index contributed by atoms with van der Waals surface area (Å²) in [6, 6.07) is 0. The smallest absolute Gasteiger partial charge is 0.0613 e. The molecule has 2 N–H and O–H groups in total. The first-order valence-corrected chi connectivity index (χ1v) is 7.19. The zero-order valence-electron chi connectivity index (χ0n) is 10.9. The van der Waals surface area contributed by atoms with Crippen molar-refractivity contribution in [2.75, 3.05) is 13.2 Å². The summed E-state index contributed by atoms with van der Waals surface area (Å²) in [5.41, 5.74) is 0.0724. The van der Waals surface area contributed by atoms with Crippen molar-refractivity contribution in [1.82, 2.24) is 5.32 Å². The molecule has 0 saturated heterocycles. The monoisotopic (exact) mass is 227 g/mol. The topological polar surface area (TPSA) is 32.3 Å². The minimum absolute atomic E-state index is 0.0724. The van der Waals surface area contributed by atoms with Crippen LogP contribution < -0.4 is 5.32 Å². The number of hydrogen-bond acceptors (Lipinski definition) is 2. The van der Waals surface area contributed by atoms with Crippen molar-refractivity contribution in [2.45, 2.75) is 76.7 Å². The molecule has 0 amide bonds. The Labute approximate surface area is 101 Å². The van der Waals surface area contributed by atoms with Gasteiger partial charge in [-0.2, -0.15) is 0 Å². The summed E-state index contributed by atoms with van der Waals surface area (Å²) >= 11 is 0. The maximum Gasteiger partial charge on any atom is 0.0613 e. The van der Waals surface area contributed by atoms with E-state index < -0.39 is 0 Å². The third-order valence-corrected chi connectivity index (χ3v) is 3.89. The van der Waals surface area contributed by atoms with Crippen molar-refractivity contribution < 1.29 is 5.11 Å². The van der Waals surface area contributed by atoms with Crippen molar-refractivity contribution in [3.05, 3.63) is 0 Å². The Balaban J connectivity index is 2.08. The molecule has 1 saturated carbocycles. The maximum atomic E-state index is 9.52. The molecule has 0 bridgehead atoms. The number of aliphatic hydroxyl groups is 1. The molecule has 0 heterocycles. The van der Waals surface area contributed by atoms with Gasteiger partial charge in [0.1, 0.15) is 0 Å². The lowest BCUT2D eigenvalue weighted by molar-refractivity contribution is 0.121. The molecule has 1 aliphatic rings. The van der Waals surface area contributed by atoms with Crippen LogP contribution in [0, 0.1) is 0 Å². The molecule has 0 unspecified atom stereocenters. The van der Waals surface area contributed by atoms with Crippen LogP contribution in [-0.4, -0.2) is 23.8 Å². The first kappa shape index (κ1) is 14.0. The largest absolute Gasteiger partial charge is 0.394 e. The second-order valence-corrected chi connectivity index (χ2v) is 5.34. The van der Waals surface area contributed by atoms with Crippen LogP contribution in [0.3, 0.4) is 0 Å². The predicted octanol–water partition coefficient (Wildman–Crippen LogP) is 3.24. The van der Waals surface area contributed by atoms with Gasteiger partial charge in [0.2, 0.25) is 0 Å². The van der Waals surface area contributed by atoms with E-state index in [1.54, 1.807) is 0 Å². The van der Waals surface area contributed by atoms with E-state index in [4.69, 9.17) is 0 Å². The van der Waals surface area contributed by atoms with Gasteiger partial charge < -0.3 is 10.4 Å². The van der Waals surface area contributed by atoms with Gasteiger partial charge in [-0.25, -0.2) is 0 Å². The van der Waals surface area contributed by atoms with E-state index in [1.165, 1.54) is 64.2 Å². The molecule has 0 aromatic heterocycles. The number of aliphatic hydroxyl groups excluding tert-OH is 1. The van der Waals surface area contributed by atoms with E-state index in [-0.39, 0.29) is 5.54 Å². The molecule has 0 aromatic carbocycles. The third kappa shape index (κ3) is 4.84. The van der Waals surface area contributed by atoms with Crippen molar-refractivity contribution >= 4 is 0 Å². The van der Waals surface area contributed by atoms with Crippen LogP contribution in [0.25, 0.3) is 0 Å². The summed E-state index contributed by atoms with van der Waals surface area (Å²) in [4.78, 5) is 0. The van der Waals surface area contributed by atoms with Gasteiger partial charge in [-0.1, -0.05) is 51.9 Å². The Morgan fingerprint density at radius 3 is 2.31 bits per heavy atom. The highest BCUT2D eigenvalue weighted by Gasteiger charge is 2.30. The van der Waals surface area contributed by atoms with Crippen LogP contribution >= 0.6 is 0 Å². The van der Waals surface area contributed by atoms with Crippen molar-refractivity contribution in [1.29, 1.82) is 0 Å². The van der Waals surface area contributed by atoms with Gasteiger partial charge in [0.25, 0.3) is 0 Å². The van der Waals surface area contributed by atoms with Gasteiger partial charge in [-0.3, -0.25) is 0 Å². The summed E-state index contributed by atoms with van der Waals surface area (Å²) in [5.74, 6) is 0. The number of nitrogens with one attached hydrogen (secondary N) is 1. The molecule has 0 aromatic rings. The van der Waals surface area contributed by atoms with Crippen molar-refractivity contribution in [3.63, 3.8) is 0 Å². The number of unbranched alkanes of at least 4 members (excludes halogenated alkanes) is 4. The highest BCUT2D eigenvalue weighted by molar-refractivity contribution is 4.89. The summed E-state index contributed by atoms with van der Waals surface area (Å²) in [7, 11) is 0. The standard InChI is InChI=1S/C14H29NO/c1-2-3-4-5-9-12-15-14(13-16)10-7-6-8-11-14/h15-16H,2-13H2,1H3. The molecule has 1 aliphatic carbocycles. The van der Waals surface area contributed by atoms with Crippen LogP contribution in [0.2, 0.25) is 0 Å². The van der Waals surface area contributed by atoms with Crippen molar-refractivity contribution in [2.24, 2.45) is 0 Å². The van der Waals surface area contributed by atoms with Crippen LogP contribution in [0.5, 0.6) is 0 Å². The molecule has 0 aliphatic heterocycles. The van der Waals surface area contributed by atoms with Gasteiger partial charge in [-0.15, -0.1) is 0 Å². The lowest BCUT2D eigenvalue weighted by Gasteiger charge is -2.36. The minimum Gasteiger partial charge on any atom is -0.394 e. The van der Waals surface area contributed by atoms with E-state index in [2.05, 4.69) is 12.2 Å². The molecule has 0 radical (unpaired) electrons. The molecule has 1 rings (SSSR count). The summed E-state index contributed by atoms with van der Waals surface area (Å²) in [6.45, 7) is 3.66. The van der Waals surface area contributed by atoms with Crippen LogP contribution in [0.1, 0.15) is 71.1 Å². The molecular weight excluding hydrogens is 198 g/mol. The fraction of sp³-hybridized carbons (Fsp3) is 1.00. The van der Waals surface area contributed by atoms with Crippen LogP contribution in [0.15, 0.2) is 0 Å².